The lowest BCUT2D eigenvalue weighted by atomic mass is 9.91. The van der Waals surface area contributed by atoms with Gasteiger partial charge >= 0.3 is 9.28 Å². The second kappa shape index (κ2) is 6.17. The zero-order valence-corrected chi connectivity index (χ0v) is 11.7. The Hall–Kier alpha value is 0.137. The number of rotatable bonds is 5. The predicted molar refractivity (Wildman–Crippen MR) is 67.4 cm³/mol. The zero-order valence-electron chi connectivity index (χ0n) is 10.7. The molecule has 2 fully saturated rings. The summed E-state index contributed by atoms with van der Waals surface area (Å²) >= 11 is 0. The maximum absolute atomic E-state index is 5.67. The fourth-order valence-corrected chi connectivity index (χ4v) is 5.91. The van der Waals surface area contributed by atoms with Gasteiger partial charge in [-0.15, -0.1) is 0 Å². The van der Waals surface area contributed by atoms with Crippen LogP contribution in [0.2, 0.25) is 5.54 Å². The maximum Gasteiger partial charge on any atom is 0.388 e. The molecule has 0 aliphatic heterocycles. The van der Waals surface area contributed by atoms with E-state index in [4.69, 9.17) is 8.85 Å². The topological polar surface area (TPSA) is 18.5 Å². The Labute approximate surface area is 102 Å². The summed E-state index contributed by atoms with van der Waals surface area (Å²) in [6.07, 6.45) is 11.4. The fraction of sp³-hybridized carbons (Fsp3) is 1.00. The molecule has 0 bridgehead atoms. The van der Waals surface area contributed by atoms with Gasteiger partial charge in [0.25, 0.3) is 0 Å². The monoisotopic (exact) mass is 241 g/mol. The molecule has 0 aromatic heterocycles. The van der Waals surface area contributed by atoms with Gasteiger partial charge < -0.3 is 8.85 Å². The van der Waals surface area contributed by atoms with Gasteiger partial charge in [0, 0.05) is 19.8 Å². The quantitative estimate of drug-likeness (QED) is 0.686. The molecule has 0 amide bonds. The average Bonchev–Trinajstić information content (AvgIpc) is 2.98. The van der Waals surface area contributed by atoms with Crippen molar-refractivity contribution in [2.24, 2.45) is 11.8 Å². The molecular weight excluding hydrogens is 216 g/mol. The Morgan fingerprint density at radius 3 is 1.50 bits per heavy atom. The first kappa shape index (κ1) is 12.6. The summed E-state index contributed by atoms with van der Waals surface area (Å²) in [5.74, 6) is 1.80. The summed E-state index contributed by atoms with van der Waals surface area (Å²) < 4.78 is 11.3. The Morgan fingerprint density at radius 1 is 0.812 bits per heavy atom. The van der Waals surface area contributed by atoms with Crippen LogP contribution in [0.3, 0.4) is 0 Å². The highest BCUT2D eigenvalue weighted by molar-refractivity contribution is 6.46. The lowest BCUT2D eigenvalue weighted by molar-refractivity contribution is 0.224. The van der Waals surface area contributed by atoms with E-state index >= 15 is 0 Å². The van der Waals surface area contributed by atoms with Gasteiger partial charge in [-0.2, -0.15) is 0 Å². The van der Waals surface area contributed by atoms with Gasteiger partial charge in [-0.25, -0.2) is 0 Å². The van der Waals surface area contributed by atoms with E-state index in [1.54, 1.807) is 0 Å². The highest BCUT2D eigenvalue weighted by atomic mass is 28.3. The molecule has 0 spiro atoms. The standard InChI is InChI=1S/C13H25O2Si/c1-14-16(15-2)13(11-7-3-4-8-11)12-9-5-6-10-12/h11-13H,3-10H2,1-2H3. The van der Waals surface area contributed by atoms with Crippen LogP contribution in [-0.2, 0) is 8.85 Å². The van der Waals surface area contributed by atoms with Gasteiger partial charge in [-0.05, 0) is 11.8 Å². The van der Waals surface area contributed by atoms with E-state index in [9.17, 15) is 0 Å². The summed E-state index contributed by atoms with van der Waals surface area (Å²) in [6.45, 7) is 0. The van der Waals surface area contributed by atoms with Crippen LogP contribution < -0.4 is 0 Å². The molecule has 2 aliphatic rings. The van der Waals surface area contributed by atoms with Crippen molar-refractivity contribution >= 4 is 9.28 Å². The molecule has 2 aliphatic carbocycles. The first-order valence-corrected chi connectivity index (χ1v) is 8.21. The van der Waals surface area contributed by atoms with Gasteiger partial charge in [0.15, 0.2) is 0 Å². The molecule has 0 aromatic rings. The van der Waals surface area contributed by atoms with Crippen LogP contribution in [-0.4, -0.2) is 23.5 Å². The van der Waals surface area contributed by atoms with Crippen LogP contribution in [0.5, 0.6) is 0 Å². The normalized spacial score (nSPS) is 24.0. The minimum absolute atomic E-state index is 0.755. The van der Waals surface area contributed by atoms with Crippen LogP contribution in [0.4, 0.5) is 0 Å². The third kappa shape index (κ3) is 2.69. The molecule has 2 rings (SSSR count). The van der Waals surface area contributed by atoms with Gasteiger partial charge in [0.1, 0.15) is 0 Å². The second-order valence-electron chi connectivity index (χ2n) is 5.34. The smallest absolute Gasteiger partial charge is 0.388 e. The molecular formula is C13H25O2Si. The van der Waals surface area contributed by atoms with Crippen LogP contribution in [0.15, 0.2) is 0 Å². The van der Waals surface area contributed by atoms with Crippen LogP contribution >= 0.6 is 0 Å². The Balaban J connectivity index is 2.03. The van der Waals surface area contributed by atoms with E-state index < -0.39 is 9.28 Å². The highest BCUT2D eigenvalue weighted by Crippen LogP contribution is 2.47. The van der Waals surface area contributed by atoms with Crippen molar-refractivity contribution < 1.29 is 8.85 Å². The van der Waals surface area contributed by atoms with Crippen molar-refractivity contribution in [1.29, 1.82) is 0 Å². The van der Waals surface area contributed by atoms with E-state index in [1.807, 2.05) is 14.2 Å². The van der Waals surface area contributed by atoms with Crippen LogP contribution in [0.1, 0.15) is 51.4 Å². The third-order valence-electron chi connectivity index (χ3n) is 4.49. The molecule has 1 radical (unpaired) electrons. The summed E-state index contributed by atoms with van der Waals surface area (Å²) in [5.41, 5.74) is 0.755. The highest BCUT2D eigenvalue weighted by Gasteiger charge is 2.41. The largest absolute Gasteiger partial charge is 0.397 e. The van der Waals surface area contributed by atoms with Crippen molar-refractivity contribution in [1.82, 2.24) is 0 Å². The first-order valence-electron chi connectivity index (χ1n) is 6.81. The maximum atomic E-state index is 5.67. The number of hydrogen-bond donors (Lipinski definition) is 0. The van der Waals surface area contributed by atoms with E-state index in [2.05, 4.69) is 0 Å². The predicted octanol–water partition coefficient (Wildman–Crippen LogP) is 3.52. The van der Waals surface area contributed by atoms with Gasteiger partial charge in [-0.3, -0.25) is 0 Å². The fourth-order valence-electron chi connectivity index (χ4n) is 3.76. The van der Waals surface area contributed by atoms with E-state index in [0.717, 1.165) is 17.4 Å². The minimum atomic E-state index is -1.03. The third-order valence-corrected chi connectivity index (χ3v) is 6.78. The summed E-state index contributed by atoms with van der Waals surface area (Å²) in [5, 5.41) is 0. The Bertz CT molecular complexity index is 175. The first-order chi connectivity index (χ1) is 7.86. The second-order valence-corrected chi connectivity index (χ2v) is 7.46. The molecule has 2 nitrogen and oxygen atoms in total. The lowest BCUT2D eigenvalue weighted by Crippen LogP contribution is -2.34. The molecule has 0 aromatic carbocycles. The average molecular weight is 241 g/mol. The molecule has 0 heterocycles. The van der Waals surface area contributed by atoms with Crippen molar-refractivity contribution in [2.45, 2.75) is 56.9 Å². The molecule has 0 atom stereocenters. The SMILES string of the molecule is CO[Si](OC)C(C1CCCC1)C1CCCC1. The molecule has 2 saturated carbocycles. The zero-order chi connectivity index (χ0) is 11.4. The minimum Gasteiger partial charge on any atom is -0.397 e. The van der Waals surface area contributed by atoms with E-state index in [0.29, 0.717) is 0 Å². The van der Waals surface area contributed by atoms with Gasteiger partial charge in [0.2, 0.25) is 0 Å². The lowest BCUT2D eigenvalue weighted by Gasteiger charge is -2.31. The summed E-state index contributed by atoms with van der Waals surface area (Å²) in [7, 11) is 2.66. The van der Waals surface area contributed by atoms with E-state index in [-0.39, 0.29) is 0 Å². The van der Waals surface area contributed by atoms with Crippen LogP contribution in [0, 0.1) is 11.8 Å². The molecule has 0 unspecified atom stereocenters. The Kier molecular flexibility index (Phi) is 4.86. The number of hydrogen-bond acceptors (Lipinski definition) is 2. The molecule has 93 valence electrons. The van der Waals surface area contributed by atoms with Crippen LogP contribution in [0.25, 0.3) is 0 Å². The Morgan fingerprint density at radius 2 is 1.19 bits per heavy atom. The van der Waals surface area contributed by atoms with Crippen molar-refractivity contribution in [3.63, 3.8) is 0 Å². The molecule has 0 N–H and O–H groups in total. The molecule has 0 saturated heterocycles. The summed E-state index contributed by atoms with van der Waals surface area (Å²) in [6, 6.07) is 0. The van der Waals surface area contributed by atoms with Gasteiger partial charge in [0.05, 0.1) is 0 Å². The van der Waals surface area contributed by atoms with Crippen molar-refractivity contribution in [2.75, 3.05) is 14.2 Å². The molecule has 16 heavy (non-hydrogen) atoms. The van der Waals surface area contributed by atoms with Crippen molar-refractivity contribution in [3.8, 4) is 0 Å². The van der Waals surface area contributed by atoms with Crippen molar-refractivity contribution in [3.05, 3.63) is 0 Å². The van der Waals surface area contributed by atoms with E-state index in [1.165, 1.54) is 51.4 Å². The summed E-state index contributed by atoms with van der Waals surface area (Å²) in [4.78, 5) is 0. The van der Waals surface area contributed by atoms with Gasteiger partial charge in [-0.1, -0.05) is 51.4 Å². The molecule has 3 heteroatoms.